The zero-order chi connectivity index (χ0) is 15.9. The Morgan fingerprint density at radius 1 is 1.36 bits per heavy atom. The van der Waals surface area contributed by atoms with E-state index < -0.39 is 0 Å². The summed E-state index contributed by atoms with van der Waals surface area (Å²) >= 11 is 0. The quantitative estimate of drug-likeness (QED) is 0.723. The molecule has 2 aliphatic rings. The first kappa shape index (κ1) is 17.3. The molecule has 2 saturated heterocycles. The minimum atomic E-state index is 0.164. The lowest BCUT2D eigenvalue weighted by atomic mass is 10.0. The van der Waals surface area contributed by atoms with Gasteiger partial charge in [-0.15, -0.1) is 0 Å². The van der Waals surface area contributed by atoms with Gasteiger partial charge in [0.2, 0.25) is 11.8 Å². The number of carbonyl (C=O) groups excluding carboxylic acids is 2. The molecular formula is C17H30N2O3. The summed E-state index contributed by atoms with van der Waals surface area (Å²) in [6, 6.07) is 0. The van der Waals surface area contributed by atoms with Crippen molar-refractivity contribution in [2.75, 3.05) is 32.8 Å². The number of carbonyl (C=O) groups is 2. The standard InChI is InChI=1S/C17H30N2O3/c1-14(2)5-3-6-15-13-19(11-12-22-15)17(21)8-10-18-9-4-7-16(18)20/h14-15H,3-13H2,1-2H3/t15-/m1/s1. The lowest BCUT2D eigenvalue weighted by Gasteiger charge is -2.33. The van der Waals surface area contributed by atoms with E-state index in [-0.39, 0.29) is 17.9 Å². The van der Waals surface area contributed by atoms with Gasteiger partial charge in [0.05, 0.1) is 12.7 Å². The fourth-order valence-corrected chi connectivity index (χ4v) is 3.20. The van der Waals surface area contributed by atoms with Crippen molar-refractivity contribution >= 4 is 11.8 Å². The first-order chi connectivity index (χ1) is 10.6. The molecule has 5 nitrogen and oxygen atoms in total. The van der Waals surface area contributed by atoms with E-state index in [0.717, 1.165) is 31.7 Å². The van der Waals surface area contributed by atoms with Gasteiger partial charge in [-0.1, -0.05) is 26.7 Å². The number of likely N-dealkylation sites (tertiary alicyclic amines) is 1. The molecule has 1 atom stereocenters. The summed E-state index contributed by atoms with van der Waals surface area (Å²) < 4.78 is 5.78. The zero-order valence-corrected chi connectivity index (χ0v) is 14.1. The molecule has 0 aromatic carbocycles. The van der Waals surface area contributed by atoms with Crippen LogP contribution in [0, 0.1) is 5.92 Å². The van der Waals surface area contributed by atoms with Crippen LogP contribution in [0.4, 0.5) is 0 Å². The molecule has 0 aliphatic carbocycles. The summed E-state index contributed by atoms with van der Waals surface area (Å²) in [5, 5.41) is 0. The second-order valence-electron chi connectivity index (χ2n) is 6.89. The lowest BCUT2D eigenvalue weighted by molar-refractivity contribution is -0.139. The topological polar surface area (TPSA) is 49.9 Å². The largest absolute Gasteiger partial charge is 0.375 e. The Kier molecular flexibility index (Phi) is 6.68. The maximum absolute atomic E-state index is 12.3. The van der Waals surface area contributed by atoms with Gasteiger partial charge in [0.25, 0.3) is 0 Å². The highest BCUT2D eigenvalue weighted by molar-refractivity contribution is 5.80. The zero-order valence-electron chi connectivity index (χ0n) is 14.1. The van der Waals surface area contributed by atoms with Gasteiger partial charge in [-0.05, 0) is 18.8 Å². The van der Waals surface area contributed by atoms with Crippen LogP contribution in [0.5, 0.6) is 0 Å². The Labute approximate surface area is 134 Å². The third-order valence-electron chi connectivity index (χ3n) is 4.57. The Morgan fingerprint density at radius 3 is 2.86 bits per heavy atom. The fraction of sp³-hybridized carbons (Fsp3) is 0.882. The molecule has 0 radical (unpaired) electrons. The van der Waals surface area contributed by atoms with Crippen LogP contribution in [0.3, 0.4) is 0 Å². The second kappa shape index (κ2) is 8.51. The van der Waals surface area contributed by atoms with Gasteiger partial charge in [0.15, 0.2) is 0 Å². The van der Waals surface area contributed by atoms with Crippen LogP contribution in [0.2, 0.25) is 0 Å². The monoisotopic (exact) mass is 310 g/mol. The first-order valence-electron chi connectivity index (χ1n) is 8.73. The van der Waals surface area contributed by atoms with Crippen molar-refractivity contribution in [3.05, 3.63) is 0 Å². The molecule has 0 aromatic heterocycles. The van der Waals surface area contributed by atoms with Crippen molar-refractivity contribution in [1.82, 2.24) is 9.80 Å². The van der Waals surface area contributed by atoms with Crippen LogP contribution in [0.15, 0.2) is 0 Å². The average molecular weight is 310 g/mol. The van der Waals surface area contributed by atoms with Gasteiger partial charge in [-0.2, -0.15) is 0 Å². The Hall–Kier alpha value is -1.10. The van der Waals surface area contributed by atoms with Crippen molar-refractivity contribution in [2.24, 2.45) is 5.92 Å². The molecular weight excluding hydrogens is 280 g/mol. The van der Waals surface area contributed by atoms with E-state index in [4.69, 9.17) is 4.74 Å². The van der Waals surface area contributed by atoms with E-state index >= 15 is 0 Å². The number of morpholine rings is 1. The van der Waals surface area contributed by atoms with E-state index in [0.29, 0.717) is 39.1 Å². The molecule has 2 amide bonds. The minimum Gasteiger partial charge on any atom is -0.375 e. The third-order valence-corrected chi connectivity index (χ3v) is 4.57. The molecule has 0 aromatic rings. The molecule has 0 saturated carbocycles. The summed E-state index contributed by atoms with van der Waals surface area (Å²) in [6.07, 6.45) is 5.62. The molecule has 0 unspecified atom stereocenters. The summed E-state index contributed by atoms with van der Waals surface area (Å²) in [6.45, 7) is 7.90. The van der Waals surface area contributed by atoms with Gasteiger partial charge in [-0.3, -0.25) is 9.59 Å². The van der Waals surface area contributed by atoms with E-state index in [2.05, 4.69) is 13.8 Å². The number of ether oxygens (including phenoxy) is 1. The van der Waals surface area contributed by atoms with Gasteiger partial charge in [0.1, 0.15) is 0 Å². The molecule has 5 heteroatoms. The number of hydrogen-bond donors (Lipinski definition) is 0. The Morgan fingerprint density at radius 2 is 2.18 bits per heavy atom. The maximum atomic E-state index is 12.3. The van der Waals surface area contributed by atoms with Crippen molar-refractivity contribution in [3.8, 4) is 0 Å². The average Bonchev–Trinajstić information content (AvgIpc) is 2.90. The highest BCUT2D eigenvalue weighted by Gasteiger charge is 2.26. The predicted molar refractivity (Wildman–Crippen MR) is 85.4 cm³/mol. The van der Waals surface area contributed by atoms with Crippen molar-refractivity contribution < 1.29 is 14.3 Å². The molecule has 0 spiro atoms. The minimum absolute atomic E-state index is 0.164. The maximum Gasteiger partial charge on any atom is 0.224 e. The van der Waals surface area contributed by atoms with Crippen LogP contribution in [0.1, 0.15) is 52.4 Å². The molecule has 2 heterocycles. The van der Waals surface area contributed by atoms with Gasteiger partial charge < -0.3 is 14.5 Å². The van der Waals surface area contributed by atoms with Crippen LogP contribution in [0.25, 0.3) is 0 Å². The van der Waals surface area contributed by atoms with Crippen molar-refractivity contribution in [3.63, 3.8) is 0 Å². The van der Waals surface area contributed by atoms with Crippen LogP contribution >= 0.6 is 0 Å². The summed E-state index contributed by atoms with van der Waals surface area (Å²) in [5.41, 5.74) is 0. The lowest BCUT2D eigenvalue weighted by Crippen LogP contribution is -2.46. The Bertz CT molecular complexity index is 384. The van der Waals surface area contributed by atoms with Crippen LogP contribution < -0.4 is 0 Å². The molecule has 2 aliphatic heterocycles. The van der Waals surface area contributed by atoms with Crippen molar-refractivity contribution in [2.45, 2.75) is 58.5 Å². The summed E-state index contributed by atoms with van der Waals surface area (Å²) in [5.74, 6) is 1.08. The highest BCUT2D eigenvalue weighted by Crippen LogP contribution is 2.16. The fourth-order valence-electron chi connectivity index (χ4n) is 3.20. The number of rotatable bonds is 7. The molecule has 2 rings (SSSR count). The van der Waals surface area contributed by atoms with Gasteiger partial charge >= 0.3 is 0 Å². The predicted octanol–water partition coefficient (Wildman–Crippen LogP) is 2.05. The van der Waals surface area contributed by atoms with Crippen molar-refractivity contribution in [1.29, 1.82) is 0 Å². The number of hydrogen-bond acceptors (Lipinski definition) is 3. The van der Waals surface area contributed by atoms with Gasteiger partial charge in [0, 0.05) is 39.0 Å². The first-order valence-corrected chi connectivity index (χ1v) is 8.73. The molecule has 22 heavy (non-hydrogen) atoms. The van der Waals surface area contributed by atoms with E-state index in [9.17, 15) is 9.59 Å². The molecule has 0 bridgehead atoms. The SMILES string of the molecule is CC(C)CCC[C@@H]1CN(C(=O)CCN2CCCC2=O)CCO1. The third kappa shape index (κ3) is 5.27. The molecule has 2 fully saturated rings. The normalized spacial score (nSPS) is 22.7. The Balaban J connectivity index is 1.69. The smallest absolute Gasteiger partial charge is 0.224 e. The summed E-state index contributed by atoms with van der Waals surface area (Å²) in [4.78, 5) is 27.6. The summed E-state index contributed by atoms with van der Waals surface area (Å²) in [7, 11) is 0. The van der Waals surface area contributed by atoms with Crippen LogP contribution in [-0.2, 0) is 14.3 Å². The van der Waals surface area contributed by atoms with Gasteiger partial charge in [-0.25, -0.2) is 0 Å². The van der Waals surface area contributed by atoms with E-state index in [1.165, 1.54) is 6.42 Å². The second-order valence-corrected chi connectivity index (χ2v) is 6.89. The van der Waals surface area contributed by atoms with E-state index in [1.54, 1.807) is 0 Å². The van der Waals surface area contributed by atoms with Crippen LogP contribution in [-0.4, -0.2) is 60.5 Å². The molecule has 126 valence electrons. The number of nitrogens with zero attached hydrogens (tertiary/aromatic N) is 2. The van der Waals surface area contributed by atoms with E-state index in [1.807, 2.05) is 9.80 Å². The number of amides is 2. The molecule has 0 N–H and O–H groups in total. The highest BCUT2D eigenvalue weighted by atomic mass is 16.5.